The molecule has 0 fully saturated rings. The van der Waals surface area contributed by atoms with E-state index in [1.165, 1.54) is 6.07 Å². The number of halogens is 2. The second-order valence-electron chi connectivity index (χ2n) is 10.6. The molecule has 1 N–H and O–H groups in total. The number of aliphatic hydroxyl groups is 1. The maximum absolute atomic E-state index is 13.3. The predicted octanol–water partition coefficient (Wildman–Crippen LogP) is 4.95. The highest BCUT2D eigenvalue weighted by atomic mass is 19.3. The second kappa shape index (κ2) is 8.09. The largest absolute Gasteiger partial charge is 0.434 e. The van der Waals surface area contributed by atoms with Crippen LogP contribution in [0.3, 0.4) is 0 Å². The summed E-state index contributed by atoms with van der Waals surface area (Å²) in [5, 5.41) is 15.2. The van der Waals surface area contributed by atoms with Crippen molar-refractivity contribution in [3.8, 4) is 5.75 Å². The molecule has 188 valence electrons. The van der Waals surface area contributed by atoms with E-state index < -0.39 is 12.2 Å². The number of ether oxygens (including phenoxy) is 1. The molecule has 3 aromatic rings. The van der Waals surface area contributed by atoms with Gasteiger partial charge in [-0.2, -0.15) is 13.9 Å². The summed E-state index contributed by atoms with van der Waals surface area (Å²) in [4.78, 5) is 19.9. The maximum Gasteiger partial charge on any atom is 0.387 e. The predicted molar refractivity (Wildman–Crippen MR) is 129 cm³/mol. The first-order valence-corrected chi connectivity index (χ1v) is 12.3. The van der Waals surface area contributed by atoms with Crippen LogP contribution in [0.1, 0.15) is 84.4 Å². The minimum Gasteiger partial charge on any atom is -0.434 e. The van der Waals surface area contributed by atoms with E-state index in [0.717, 1.165) is 41.8 Å². The van der Waals surface area contributed by atoms with Gasteiger partial charge >= 0.3 is 6.61 Å². The second-order valence-corrected chi connectivity index (χ2v) is 10.6. The highest BCUT2D eigenvalue weighted by Gasteiger charge is 2.46. The van der Waals surface area contributed by atoms with Crippen LogP contribution in [-0.4, -0.2) is 49.8 Å². The number of amides is 1. The van der Waals surface area contributed by atoms with Gasteiger partial charge in [0.2, 0.25) is 0 Å². The fourth-order valence-corrected chi connectivity index (χ4v) is 6.11. The number of hydrogen-bond acceptors (Lipinski definition) is 5. The van der Waals surface area contributed by atoms with Crippen LogP contribution in [0.2, 0.25) is 0 Å². The summed E-state index contributed by atoms with van der Waals surface area (Å²) in [5.74, 6) is -0.359. The number of aromatic nitrogens is 3. The number of carbonyl (C=O) groups is 1. The molecule has 0 saturated carbocycles. The molecular weight excluding hydrogens is 466 g/mol. The van der Waals surface area contributed by atoms with Crippen molar-refractivity contribution in [3.05, 3.63) is 64.6 Å². The van der Waals surface area contributed by atoms with E-state index in [0.29, 0.717) is 23.2 Å². The highest BCUT2D eigenvalue weighted by Crippen LogP contribution is 2.53. The summed E-state index contributed by atoms with van der Waals surface area (Å²) in [7, 11) is 1.73. The van der Waals surface area contributed by atoms with Crippen molar-refractivity contribution < 1.29 is 23.4 Å². The van der Waals surface area contributed by atoms with Crippen LogP contribution >= 0.6 is 0 Å². The molecular formula is C27H28F2N4O3. The van der Waals surface area contributed by atoms with E-state index in [1.807, 2.05) is 26.1 Å². The average molecular weight is 495 g/mol. The Bertz CT molecular complexity index is 1410. The Morgan fingerprint density at radius 1 is 1.22 bits per heavy atom. The van der Waals surface area contributed by atoms with Gasteiger partial charge in [0, 0.05) is 35.9 Å². The number of alkyl halides is 2. The van der Waals surface area contributed by atoms with Crippen molar-refractivity contribution in [2.24, 2.45) is 5.92 Å². The Kier molecular flexibility index (Phi) is 5.19. The summed E-state index contributed by atoms with van der Waals surface area (Å²) in [6.45, 7) is 0.703. The molecule has 1 amide bonds. The van der Waals surface area contributed by atoms with Crippen LogP contribution in [-0.2, 0) is 0 Å². The van der Waals surface area contributed by atoms with Crippen LogP contribution < -0.4 is 4.74 Å². The number of rotatable bonds is 4. The van der Waals surface area contributed by atoms with E-state index in [9.17, 15) is 18.7 Å². The molecule has 9 heteroatoms. The molecule has 6 rings (SSSR count). The van der Waals surface area contributed by atoms with Crippen LogP contribution in [0.4, 0.5) is 8.78 Å². The van der Waals surface area contributed by atoms with Gasteiger partial charge in [0.05, 0.1) is 23.0 Å². The Morgan fingerprint density at radius 3 is 2.72 bits per heavy atom. The average Bonchev–Trinajstić information content (AvgIpc) is 3.36. The Hall–Kier alpha value is -3.33. The summed E-state index contributed by atoms with van der Waals surface area (Å²) >= 11 is 0. The molecule has 0 spiro atoms. The molecule has 36 heavy (non-hydrogen) atoms. The van der Waals surface area contributed by atoms with E-state index >= 15 is 0 Å². The quantitative estimate of drug-likeness (QED) is 0.555. The molecule has 3 aliphatic rings. The van der Waals surface area contributed by atoms with Crippen LogP contribution in [0.5, 0.6) is 5.75 Å². The first-order valence-electron chi connectivity index (χ1n) is 12.3. The van der Waals surface area contributed by atoms with Crippen molar-refractivity contribution in [2.45, 2.75) is 63.7 Å². The minimum atomic E-state index is -3.00. The summed E-state index contributed by atoms with van der Waals surface area (Å²) in [6, 6.07) is 6.39. The number of hydrogen-bond donors (Lipinski definition) is 1. The molecule has 0 radical (unpaired) electrons. The SMILES string of the molecule is CN1C(=O)c2cccc(OC(F)F)c2C2CC1c1nn3ccc(C4=CCC(C(C)(C)O)CC4)nc3c12. The number of nitrogens with zero attached hydrogens (tertiary/aromatic N) is 4. The molecule has 1 aliphatic heterocycles. The standard InChI is InChI=1S/C27H28F2N4O3/c1-27(2,35)15-9-7-14(8-10-15)18-11-12-33-24(30-18)22-17-13-19(23(22)31-33)32(3)25(34)16-5-4-6-20(21(16)17)36-26(28)29/h4-7,11-12,15,17,19,26,35H,8-10,13H2,1-3H3. The van der Waals surface area contributed by atoms with Crippen LogP contribution in [0, 0.1) is 5.92 Å². The topological polar surface area (TPSA) is 80.0 Å². The lowest BCUT2D eigenvalue weighted by Gasteiger charge is -2.31. The van der Waals surface area contributed by atoms with Gasteiger partial charge < -0.3 is 14.7 Å². The van der Waals surface area contributed by atoms with E-state index in [-0.39, 0.29) is 29.5 Å². The zero-order chi connectivity index (χ0) is 25.4. The van der Waals surface area contributed by atoms with Gasteiger partial charge in [-0.05, 0) is 69.2 Å². The van der Waals surface area contributed by atoms with E-state index in [4.69, 9.17) is 14.8 Å². The van der Waals surface area contributed by atoms with Crippen LogP contribution in [0.15, 0.2) is 36.5 Å². The Morgan fingerprint density at radius 2 is 2.03 bits per heavy atom. The number of fused-ring (bicyclic) bond motifs is 9. The third-order valence-corrected chi connectivity index (χ3v) is 8.06. The third-order valence-electron chi connectivity index (χ3n) is 8.06. The molecule has 3 unspecified atom stereocenters. The maximum atomic E-state index is 13.3. The zero-order valence-corrected chi connectivity index (χ0v) is 20.4. The fraction of sp³-hybridized carbons (Fsp3) is 0.444. The lowest BCUT2D eigenvalue weighted by Crippen LogP contribution is -2.31. The third kappa shape index (κ3) is 3.51. The highest BCUT2D eigenvalue weighted by molar-refractivity contribution is 5.98. The molecule has 7 nitrogen and oxygen atoms in total. The molecule has 1 aromatic carbocycles. The molecule has 0 saturated heterocycles. The van der Waals surface area contributed by atoms with Gasteiger partial charge in [0.15, 0.2) is 5.65 Å². The van der Waals surface area contributed by atoms with Crippen molar-refractivity contribution in [1.29, 1.82) is 0 Å². The van der Waals surface area contributed by atoms with Crippen molar-refractivity contribution in [3.63, 3.8) is 0 Å². The normalized spacial score (nSPS) is 23.5. The molecule has 3 atom stereocenters. The number of benzene rings is 1. The lowest BCUT2D eigenvalue weighted by molar-refractivity contribution is -0.0505. The van der Waals surface area contributed by atoms with Gasteiger partial charge in [-0.3, -0.25) is 4.79 Å². The summed E-state index contributed by atoms with van der Waals surface area (Å²) in [5.41, 5.74) is 4.37. The smallest absolute Gasteiger partial charge is 0.387 e. The first kappa shape index (κ1) is 23.1. The Balaban J connectivity index is 1.48. The number of allylic oxidation sites excluding steroid dienone is 2. The van der Waals surface area contributed by atoms with Crippen molar-refractivity contribution >= 4 is 17.1 Å². The van der Waals surface area contributed by atoms with E-state index in [1.54, 1.807) is 28.6 Å². The lowest BCUT2D eigenvalue weighted by atomic mass is 9.79. The van der Waals surface area contributed by atoms with Gasteiger partial charge in [0.1, 0.15) is 5.75 Å². The van der Waals surface area contributed by atoms with Crippen molar-refractivity contribution in [1.82, 2.24) is 19.5 Å². The monoisotopic (exact) mass is 494 g/mol. The van der Waals surface area contributed by atoms with Gasteiger partial charge in [-0.1, -0.05) is 12.1 Å². The summed E-state index contributed by atoms with van der Waals surface area (Å²) < 4.78 is 33.2. The summed E-state index contributed by atoms with van der Waals surface area (Å²) in [6.07, 6.45) is 7.03. The minimum absolute atomic E-state index is 0.0194. The molecule has 2 aliphatic carbocycles. The Labute approximate surface area is 207 Å². The van der Waals surface area contributed by atoms with Gasteiger partial charge in [0.25, 0.3) is 5.91 Å². The molecule has 2 bridgehead atoms. The molecule has 3 heterocycles. The van der Waals surface area contributed by atoms with Crippen LogP contribution in [0.25, 0.3) is 11.2 Å². The van der Waals surface area contributed by atoms with E-state index in [2.05, 4.69) is 6.08 Å². The fourth-order valence-electron chi connectivity index (χ4n) is 6.11. The van der Waals surface area contributed by atoms with Crippen molar-refractivity contribution in [2.75, 3.05) is 7.05 Å². The first-order chi connectivity index (χ1) is 17.1. The van der Waals surface area contributed by atoms with Gasteiger partial charge in [-0.15, -0.1) is 0 Å². The zero-order valence-electron chi connectivity index (χ0n) is 20.4. The number of carbonyl (C=O) groups excluding carboxylic acids is 1. The van der Waals surface area contributed by atoms with Gasteiger partial charge in [-0.25, -0.2) is 9.50 Å². The molecule has 2 aromatic heterocycles.